The van der Waals surface area contributed by atoms with E-state index in [0.29, 0.717) is 38.3 Å². The van der Waals surface area contributed by atoms with Crippen LogP contribution in [0.5, 0.6) is 0 Å². The highest BCUT2D eigenvalue weighted by Crippen LogP contribution is 2.52. The van der Waals surface area contributed by atoms with Crippen molar-refractivity contribution >= 4 is 23.6 Å². The van der Waals surface area contributed by atoms with Crippen molar-refractivity contribution < 1.29 is 19.2 Å². The summed E-state index contributed by atoms with van der Waals surface area (Å²) in [5, 5.41) is 12.0. The summed E-state index contributed by atoms with van der Waals surface area (Å²) in [4.78, 5) is 49.3. The number of hydrogen-bond donors (Lipinski definition) is 5. The van der Waals surface area contributed by atoms with E-state index in [1.165, 1.54) is 5.57 Å². The number of rotatable bonds is 15. The number of allylic oxidation sites excluding steroid dienone is 1. The van der Waals surface area contributed by atoms with Crippen LogP contribution in [0.1, 0.15) is 87.0 Å². The largest absolute Gasteiger partial charge is 0.376 e. The van der Waals surface area contributed by atoms with E-state index in [-0.39, 0.29) is 40.8 Å². The van der Waals surface area contributed by atoms with Crippen molar-refractivity contribution in [2.45, 2.75) is 99.1 Å². The minimum absolute atomic E-state index is 0.0213. The summed E-state index contributed by atoms with van der Waals surface area (Å²) in [6, 6.07) is -1.63. The molecule has 37 heavy (non-hydrogen) atoms. The third kappa shape index (κ3) is 8.47. The Morgan fingerprint density at radius 3 is 2.32 bits per heavy atom. The number of hydrogen-bond acceptors (Lipinski definition) is 5. The van der Waals surface area contributed by atoms with E-state index >= 15 is 0 Å². The van der Waals surface area contributed by atoms with Gasteiger partial charge in [-0.1, -0.05) is 48.5 Å². The predicted molar refractivity (Wildman–Crippen MR) is 145 cm³/mol. The molecule has 2 aliphatic rings. The Bertz CT molecular complexity index is 880. The summed E-state index contributed by atoms with van der Waals surface area (Å²) in [5.74, 6) is 0.578. The van der Waals surface area contributed by atoms with Crippen molar-refractivity contribution in [2.75, 3.05) is 13.1 Å². The molecule has 1 heterocycles. The number of Topliss-reactive ketones (excluding diaryl/α,β-unsaturated/α-hetero) is 1. The van der Waals surface area contributed by atoms with Gasteiger partial charge in [0.15, 0.2) is 5.78 Å². The lowest BCUT2D eigenvalue weighted by Gasteiger charge is -2.42. The number of nitrogens with one attached hydrogen (secondary N) is 4. The van der Waals surface area contributed by atoms with Crippen LogP contribution in [0.15, 0.2) is 11.3 Å². The smallest absolute Gasteiger partial charge is 0.312 e. The molecular formula is C28H49N5O4. The predicted octanol–water partition coefficient (Wildman–Crippen LogP) is 3.00. The maximum absolute atomic E-state index is 13.3. The summed E-state index contributed by atoms with van der Waals surface area (Å²) >= 11 is 0. The molecule has 3 unspecified atom stereocenters. The number of carbonyl (C=O) groups excluding carboxylic acids is 4. The first kappa shape index (κ1) is 30.6. The number of amides is 4. The van der Waals surface area contributed by atoms with Gasteiger partial charge in [-0.05, 0) is 49.0 Å². The van der Waals surface area contributed by atoms with Crippen molar-refractivity contribution in [2.24, 2.45) is 34.8 Å². The molecule has 0 aromatic carbocycles. The molecule has 0 bridgehead atoms. The molecule has 0 saturated carbocycles. The lowest BCUT2D eigenvalue weighted by molar-refractivity contribution is -0.130. The van der Waals surface area contributed by atoms with Crippen molar-refractivity contribution in [1.82, 2.24) is 21.3 Å². The molecule has 0 fully saturated rings. The molecule has 4 amide bonds. The number of nitrogens with two attached hydrogens (primary N) is 1. The van der Waals surface area contributed by atoms with Gasteiger partial charge in [0.1, 0.15) is 6.04 Å². The van der Waals surface area contributed by atoms with Crippen LogP contribution in [0.3, 0.4) is 0 Å². The van der Waals surface area contributed by atoms with E-state index in [9.17, 15) is 19.2 Å². The van der Waals surface area contributed by atoms with Crippen molar-refractivity contribution in [1.29, 1.82) is 0 Å². The third-order valence-electron chi connectivity index (χ3n) is 7.94. The van der Waals surface area contributed by atoms with Crippen molar-refractivity contribution in [3.05, 3.63) is 11.3 Å². The first-order chi connectivity index (χ1) is 17.2. The van der Waals surface area contributed by atoms with E-state index in [2.05, 4.69) is 55.9 Å². The summed E-state index contributed by atoms with van der Waals surface area (Å²) < 4.78 is 0. The Labute approximate surface area is 222 Å². The molecule has 1 aliphatic heterocycles. The van der Waals surface area contributed by atoms with Gasteiger partial charge in [0, 0.05) is 43.0 Å². The van der Waals surface area contributed by atoms with Crippen LogP contribution in [0.2, 0.25) is 0 Å². The monoisotopic (exact) mass is 519 g/mol. The zero-order valence-electron chi connectivity index (χ0n) is 23.8. The first-order valence-electron chi connectivity index (χ1n) is 13.9. The van der Waals surface area contributed by atoms with Gasteiger partial charge in [-0.2, -0.15) is 0 Å². The average Bonchev–Trinajstić information content (AvgIpc) is 3.02. The van der Waals surface area contributed by atoms with Crippen LogP contribution >= 0.6 is 0 Å². The summed E-state index contributed by atoms with van der Waals surface area (Å²) in [6.45, 7) is 15.5. The van der Waals surface area contributed by atoms with Crippen LogP contribution in [0, 0.1) is 29.1 Å². The molecule has 2 rings (SSSR count). The lowest BCUT2D eigenvalue weighted by Crippen LogP contribution is -2.51. The van der Waals surface area contributed by atoms with E-state index in [1.54, 1.807) is 0 Å². The Balaban J connectivity index is 1.92. The molecule has 0 spiro atoms. The fraction of sp³-hybridized carbons (Fsp3) is 0.786. The maximum atomic E-state index is 13.3. The number of urea groups is 1. The van der Waals surface area contributed by atoms with Gasteiger partial charge in [-0.25, -0.2) is 4.79 Å². The van der Waals surface area contributed by atoms with Crippen molar-refractivity contribution in [3.63, 3.8) is 0 Å². The van der Waals surface area contributed by atoms with Gasteiger partial charge in [0.25, 0.3) is 0 Å². The zero-order chi connectivity index (χ0) is 27.9. The second kappa shape index (κ2) is 13.3. The van der Waals surface area contributed by atoms with E-state index in [4.69, 9.17) is 5.73 Å². The molecule has 6 N–H and O–H groups in total. The van der Waals surface area contributed by atoms with E-state index < -0.39 is 18.1 Å². The molecule has 9 heteroatoms. The van der Waals surface area contributed by atoms with Gasteiger partial charge in [0.2, 0.25) is 11.8 Å². The highest BCUT2D eigenvalue weighted by molar-refractivity contribution is 5.92. The molecule has 0 radical (unpaired) electrons. The van der Waals surface area contributed by atoms with Crippen LogP contribution in [0.4, 0.5) is 4.79 Å². The normalized spacial score (nSPS) is 21.7. The summed E-state index contributed by atoms with van der Waals surface area (Å²) in [5.41, 5.74) is 7.45. The maximum Gasteiger partial charge on any atom is 0.312 e. The molecule has 9 nitrogen and oxygen atoms in total. The SMILES string of the molecule is CC(C)CCNC(=O)CCC(C)(C)C1CC2=C1NC(C(=O)N[C@@H](CCCNC(N)=O)C(=O)C(C)C)C2C. The van der Waals surface area contributed by atoms with Gasteiger partial charge in [-0.15, -0.1) is 0 Å². The molecule has 4 atom stereocenters. The molecular weight excluding hydrogens is 470 g/mol. The van der Waals surface area contributed by atoms with Crippen molar-refractivity contribution in [3.8, 4) is 0 Å². The Hall–Kier alpha value is -2.58. The Morgan fingerprint density at radius 2 is 1.73 bits per heavy atom. The second-order valence-electron chi connectivity index (χ2n) is 12.2. The van der Waals surface area contributed by atoms with Gasteiger partial charge in [0.05, 0.1) is 6.04 Å². The van der Waals surface area contributed by atoms with Gasteiger partial charge < -0.3 is 27.0 Å². The van der Waals surface area contributed by atoms with Crippen LogP contribution < -0.4 is 27.0 Å². The minimum atomic E-state index is -0.606. The Morgan fingerprint density at radius 1 is 1.05 bits per heavy atom. The highest BCUT2D eigenvalue weighted by Gasteiger charge is 2.49. The molecule has 0 saturated heterocycles. The van der Waals surface area contributed by atoms with Crippen LogP contribution in [-0.4, -0.2) is 48.8 Å². The van der Waals surface area contributed by atoms with Gasteiger partial charge >= 0.3 is 6.03 Å². The van der Waals surface area contributed by atoms with Crippen LogP contribution in [0.25, 0.3) is 0 Å². The van der Waals surface area contributed by atoms with E-state index in [0.717, 1.165) is 25.0 Å². The second-order valence-corrected chi connectivity index (χ2v) is 12.2. The standard InChI is InChI=1S/C28H49N5O4/c1-16(2)11-14-30-22(34)10-12-28(6,7)20-15-19-18(5)23(33-24(19)20)26(36)32-21(25(35)17(3)4)9-8-13-31-27(29)37/h16-18,20-21,23,33H,8-15H2,1-7H3,(H,30,34)(H,32,36)(H3,29,31,37)/t18?,20?,21-,23?/m0/s1. The number of ketones is 1. The zero-order valence-corrected chi connectivity index (χ0v) is 23.8. The molecule has 1 aliphatic carbocycles. The molecule has 0 aromatic heterocycles. The molecule has 210 valence electrons. The summed E-state index contributed by atoms with van der Waals surface area (Å²) in [6.07, 6.45) is 4.14. The topological polar surface area (TPSA) is 142 Å². The fourth-order valence-electron chi connectivity index (χ4n) is 5.27. The third-order valence-corrected chi connectivity index (χ3v) is 7.94. The number of carbonyl (C=O) groups is 4. The fourth-order valence-corrected chi connectivity index (χ4v) is 5.27. The molecule has 0 aromatic rings. The Kier molecular flexibility index (Phi) is 11.0. The quantitative estimate of drug-likeness (QED) is 0.211. The summed E-state index contributed by atoms with van der Waals surface area (Å²) in [7, 11) is 0. The first-order valence-corrected chi connectivity index (χ1v) is 13.9. The van der Waals surface area contributed by atoms with Crippen LogP contribution in [-0.2, 0) is 14.4 Å². The van der Waals surface area contributed by atoms with Gasteiger partial charge in [-0.3, -0.25) is 14.4 Å². The minimum Gasteiger partial charge on any atom is -0.376 e. The lowest BCUT2D eigenvalue weighted by atomic mass is 9.63. The average molecular weight is 520 g/mol. The van der Waals surface area contributed by atoms with E-state index in [1.807, 2.05) is 13.8 Å². The highest BCUT2D eigenvalue weighted by atomic mass is 16.2. The number of primary amides is 1.